The van der Waals surface area contributed by atoms with Crippen LogP contribution in [0.1, 0.15) is 67.2 Å². The normalized spacial score (nSPS) is 38.0. The zero-order valence-corrected chi connectivity index (χ0v) is 24.6. The van der Waals surface area contributed by atoms with Crippen molar-refractivity contribution in [3.63, 3.8) is 0 Å². The maximum Gasteiger partial charge on any atom is 0.331 e. The molecule has 218 valence electrons. The molecule has 4 aliphatic carbocycles. The van der Waals surface area contributed by atoms with Gasteiger partial charge < -0.3 is 19.7 Å². The number of carbonyl (C=O) groups excluding carboxylic acids is 3. The van der Waals surface area contributed by atoms with Gasteiger partial charge >= 0.3 is 11.9 Å². The van der Waals surface area contributed by atoms with E-state index in [4.69, 9.17) is 9.47 Å². The molecular weight excluding hydrogens is 508 g/mol. The smallest absolute Gasteiger partial charge is 0.331 e. The van der Waals surface area contributed by atoms with Crippen molar-refractivity contribution in [2.24, 2.45) is 34.5 Å². The highest BCUT2D eigenvalue weighted by molar-refractivity contribution is 5.95. The fraction of sp³-hybridized carbons (Fsp3) is 0.606. The zero-order valence-electron chi connectivity index (χ0n) is 24.6. The van der Waals surface area contributed by atoms with Gasteiger partial charge in [-0.1, -0.05) is 83.1 Å². The van der Waals surface area contributed by atoms with E-state index in [0.717, 1.165) is 19.3 Å². The van der Waals surface area contributed by atoms with Crippen molar-refractivity contribution < 1.29 is 34.1 Å². The Morgan fingerprint density at radius 3 is 2.55 bits per heavy atom. The van der Waals surface area contributed by atoms with Gasteiger partial charge in [0, 0.05) is 18.9 Å². The second-order valence-corrected chi connectivity index (χ2v) is 12.6. The number of hydrogen-bond donors (Lipinski definition) is 2. The van der Waals surface area contributed by atoms with E-state index >= 15 is 0 Å². The monoisotopic (exact) mass is 552 g/mol. The minimum Gasteiger partial charge on any atom is -0.461 e. The molecule has 1 spiro atoms. The third-order valence-corrected chi connectivity index (χ3v) is 9.82. The van der Waals surface area contributed by atoms with Crippen LogP contribution < -0.4 is 0 Å². The summed E-state index contributed by atoms with van der Waals surface area (Å²) in [4.78, 5) is 39.1. The Labute approximate surface area is 237 Å². The predicted octanol–water partition coefficient (Wildman–Crippen LogP) is 4.80. The number of hydrogen-bond acceptors (Lipinski definition) is 7. The third-order valence-electron chi connectivity index (χ3n) is 9.82. The molecule has 7 nitrogen and oxygen atoms in total. The Hall–Kier alpha value is -2.77. The summed E-state index contributed by atoms with van der Waals surface area (Å²) in [5.74, 6) is -1.98. The van der Waals surface area contributed by atoms with Crippen LogP contribution in [0.2, 0.25) is 0 Å². The molecule has 2 N–H and O–H groups in total. The maximum atomic E-state index is 14.5. The van der Waals surface area contributed by atoms with Crippen molar-refractivity contribution >= 4 is 17.7 Å². The lowest BCUT2D eigenvalue weighted by Gasteiger charge is -2.48. The molecule has 2 fully saturated rings. The average molecular weight is 553 g/mol. The molecule has 0 saturated heterocycles. The summed E-state index contributed by atoms with van der Waals surface area (Å²) in [5.41, 5.74) is -2.92. The van der Waals surface area contributed by atoms with E-state index in [0.29, 0.717) is 12.0 Å². The highest BCUT2D eigenvalue weighted by atomic mass is 16.6. The molecule has 40 heavy (non-hydrogen) atoms. The van der Waals surface area contributed by atoms with Gasteiger partial charge in [-0.25, -0.2) is 4.79 Å². The van der Waals surface area contributed by atoms with Crippen molar-refractivity contribution in [3.05, 3.63) is 59.8 Å². The van der Waals surface area contributed by atoms with Crippen LogP contribution >= 0.6 is 0 Å². The van der Waals surface area contributed by atoms with Crippen LogP contribution in [-0.4, -0.2) is 52.4 Å². The number of unbranched alkanes of at least 4 members (excludes halogenated alkanes) is 2. The van der Waals surface area contributed by atoms with Crippen LogP contribution in [0.15, 0.2) is 59.8 Å². The molecule has 1 unspecified atom stereocenters. The first-order chi connectivity index (χ1) is 18.8. The Kier molecular flexibility index (Phi) is 8.49. The third kappa shape index (κ3) is 4.85. The minimum absolute atomic E-state index is 0.0461. The van der Waals surface area contributed by atoms with Gasteiger partial charge in [0.25, 0.3) is 0 Å². The van der Waals surface area contributed by atoms with Crippen LogP contribution in [0.5, 0.6) is 0 Å². The molecule has 4 aliphatic rings. The summed E-state index contributed by atoms with van der Waals surface area (Å²) in [7, 11) is 0. The topological polar surface area (TPSA) is 110 Å². The number of Topliss-reactive ketones (excluding diaryl/α,β-unsaturated/α-hetero) is 1. The van der Waals surface area contributed by atoms with E-state index in [-0.39, 0.29) is 41.1 Å². The Morgan fingerprint density at radius 1 is 1.18 bits per heavy atom. The number of allylic oxidation sites excluding steroid dienone is 6. The highest BCUT2D eigenvalue weighted by Crippen LogP contribution is 2.71. The molecule has 0 heterocycles. The van der Waals surface area contributed by atoms with Crippen molar-refractivity contribution in [1.82, 2.24) is 0 Å². The molecule has 2 saturated carbocycles. The summed E-state index contributed by atoms with van der Waals surface area (Å²) < 4.78 is 11.1. The number of aliphatic hydroxyl groups excluding tert-OH is 1. The molecule has 0 aromatic heterocycles. The van der Waals surface area contributed by atoms with Gasteiger partial charge in [-0.05, 0) is 54.1 Å². The van der Waals surface area contributed by atoms with E-state index in [2.05, 4.69) is 26.8 Å². The van der Waals surface area contributed by atoms with Crippen LogP contribution in [0.4, 0.5) is 0 Å². The van der Waals surface area contributed by atoms with E-state index in [1.165, 1.54) is 13.0 Å². The summed E-state index contributed by atoms with van der Waals surface area (Å²) >= 11 is 0. The molecule has 0 radical (unpaired) electrons. The van der Waals surface area contributed by atoms with E-state index < -0.39 is 41.1 Å². The van der Waals surface area contributed by atoms with E-state index in [9.17, 15) is 24.6 Å². The summed E-state index contributed by atoms with van der Waals surface area (Å²) in [6, 6.07) is 0. The minimum atomic E-state index is -2.16. The van der Waals surface area contributed by atoms with Gasteiger partial charge in [0.15, 0.2) is 17.5 Å². The standard InChI is InChI=1S/C33H44O7/c1-7-8-9-10-11-12-13-14-15-26(35)40-30-20(2)18-32-21(3)16-25-27(31(25,5)6)24(29(32)37)17-23(19-39-22(4)34)28(36)33(30,32)38/h10-15,17-18,21,24-25,27-28,30,36,38H,7-9,16,19H2,1-6H3/b11-10-,13-12-,15-14+/t21-,24+,25-,27+,28-,30+,32?,33+/m1/s1. The van der Waals surface area contributed by atoms with Crippen LogP contribution in [0, 0.1) is 34.5 Å². The number of ketones is 1. The van der Waals surface area contributed by atoms with Crippen LogP contribution in [-0.2, 0) is 23.9 Å². The summed E-state index contributed by atoms with van der Waals surface area (Å²) in [6.45, 7) is 11.1. The van der Waals surface area contributed by atoms with Crippen molar-refractivity contribution in [3.8, 4) is 0 Å². The van der Waals surface area contributed by atoms with Gasteiger partial charge in [-0.3, -0.25) is 9.59 Å². The zero-order chi connectivity index (χ0) is 29.5. The molecule has 0 aromatic rings. The lowest BCUT2D eigenvalue weighted by Crippen LogP contribution is -2.65. The van der Waals surface area contributed by atoms with Crippen LogP contribution in [0.3, 0.4) is 0 Å². The largest absolute Gasteiger partial charge is 0.461 e. The van der Waals surface area contributed by atoms with Crippen molar-refractivity contribution in [2.75, 3.05) is 6.61 Å². The number of esters is 2. The maximum absolute atomic E-state index is 14.5. The second-order valence-electron chi connectivity index (χ2n) is 12.6. The van der Waals surface area contributed by atoms with Gasteiger partial charge in [0.1, 0.15) is 12.7 Å². The SMILES string of the molecule is CCCC\C=C/C=C\C=C\C(=O)O[C@H]1C(C)=CC23C(=O)[C@@H](C=C(COC(C)=O)[C@@H](O)[C@]12O)[C@H]1[C@@H](C[C@H]3C)C1(C)C. The lowest BCUT2D eigenvalue weighted by atomic mass is 9.59. The first kappa shape index (κ1) is 30.2. The van der Waals surface area contributed by atoms with E-state index in [1.54, 1.807) is 31.2 Å². The first-order valence-corrected chi connectivity index (χ1v) is 14.5. The molecule has 2 bridgehead atoms. The molecular formula is C33H44O7. The molecule has 0 amide bonds. The molecule has 0 aliphatic heterocycles. The Bertz CT molecular complexity index is 1190. The Balaban J connectivity index is 1.67. The van der Waals surface area contributed by atoms with Gasteiger partial charge in [0.2, 0.25) is 0 Å². The molecule has 4 rings (SSSR count). The van der Waals surface area contributed by atoms with Gasteiger partial charge in [0.05, 0.1) is 5.41 Å². The van der Waals surface area contributed by atoms with Gasteiger partial charge in [-0.15, -0.1) is 0 Å². The number of carbonyl (C=O) groups is 3. The molecule has 7 heteroatoms. The first-order valence-electron chi connectivity index (χ1n) is 14.5. The van der Waals surface area contributed by atoms with Crippen LogP contribution in [0.25, 0.3) is 0 Å². The molecule has 0 aromatic carbocycles. The Morgan fingerprint density at radius 2 is 1.88 bits per heavy atom. The number of aliphatic hydroxyl groups is 2. The average Bonchev–Trinajstić information content (AvgIpc) is 3.38. The number of ether oxygens (including phenoxy) is 2. The van der Waals surface area contributed by atoms with Gasteiger partial charge in [-0.2, -0.15) is 0 Å². The molecule has 8 atom stereocenters. The van der Waals surface area contributed by atoms with Crippen molar-refractivity contribution in [1.29, 1.82) is 0 Å². The number of rotatable bonds is 9. The fourth-order valence-corrected chi connectivity index (χ4v) is 7.68. The predicted molar refractivity (Wildman–Crippen MR) is 152 cm³/mol. The lowest BCUT2D eigenvalue weighted by molar-refractivity contribution is -0.201. The number of fused-ring (bicyclic) bond motifs is 3. The fourth-order valence-electron chi connectivity index (χ4n) is 7.68. The second kappa shape index (κ2) is 11.2. The quantitative estimate of drug-likeness (QED) is 0.139. The summed E-state index contributed by atoms with van der Waals surface area (Å²) in [5, 5.41) is 24.4. The van der Waals surface area contributed by atoms with Crippen molar-refractivity contribution in [2.45, 2.75) is 85.0 Å². The summed E-state index contributed by atoms with van der Waals surface area (Å²) in [6.07, 6.45) is 14.9. The van der Waals surface area contributed by atoms with E-state index in [1.807, 2.05) is 19.1 Å². The highest BCUT2D eigenvalue weighted by Gasteiger charge is 2.76.